The highest BCUT2D eigenvalue weighted by atomic mass is 16.6. The Balaban J connectivity index is 1.93. The van der Waals surface area contributed by atoms with Crippen LogP contribution in [0, 0.1) is 0 Å². The molecule has 2 aromatic carbocycles. The summed E-state index contributed by atoms with van der Waals surface area (Å²) in [7, 11) is 0. The molecule has 0 saturated carbocycles. The van der Waals surface area contributed by atoms with E-state index in [1.54, 1.807) is 57.2 Å². The lowest BCUT2D eigenvalue weighted by molar-refractivity contribution is -0.133. The van der Waals surface area contributed by atoms with E-state index < -0.39 is 17.7 Å². The van der Waals surface area contributed by atoms with Crippen LogP contribution in [-0.2, 0) is 9.53 Å². The molecule has 0 atom stereocenters. The van der Waals surface area contributed by atoms with Crippen LogP contribution in [0.1, 0.15) is 20.8 Å². The molecule has 0 spiro atoms. The maximum Gasteiger partial charge on any atom is 0.408 e. The SMILES string of the molecule is CC(C)(C)OC(=O)NCC(=O)Oc1ccc2cc(O)ccc2c1. The van der Waals surface area contributed by atoms with Crippen LogP contribution in [0.5, 0.6) is 11.5 Å². The van der Waals surface area contributed by atoms with E-state index in [1.807, 2.05) is 0 Å². The molecule has 0 aliphatic heterocycles. The Kier molecular flexibility index (Phi) is 4.74. The number of hydrogen-bond acceptors (Lipinski definition) is 5. The van der Waals surface area contributed by atoms with Crippen LogP contribution in [-0.4, -0.2) is 29.3 Å². The average Bonchev–Trinajstić information content (AvgIpc) is 2.43. The lowest BCUT2D eigenvalue weighted by Crippen LogP contribution is -2.36. The normalized spacial score (nSPS) is 11.1. The minimum Gasteiger partial charge on any atom is -0.508 e. The number of nitrogens with one attached hydrogen (secondary N) is 1. The van der Waals surface area contributed by atoms with Crippen molar-refractivity contribution in [2.24, 2.45) is 0 Å². The summed E-state index contributed by atoms with van der Waals surface area (Å²) in [6.07, 6.45) is -0.677. The molecule has 6 nitrogen and oxygen atoms in total. The van der Waals surface area contributed by atoms with Crippen LogP contribution in [0.25, 0.3) is 10.8 Å². The first kappa shape index (κ1) is 16.6. The lowest BCUT2D eigenvalue weighted by Gasteiger charge is -2.19. The lowest BCUT2D eigenvalue weighted by atomic mass is 10.1. The Labute approximate surface area is 134 Å². The van der Waals surface area contributed by atoms with Crippen molar-refractivity contribution in [2.75, 3.05) is 6.54 Å². The van der Waals surface area contributed by atoms with Gasteiger partial charge in [-0.1, -0.05) is 12.1 Å². The zero-order chi connectivity index (χ0) is 17.0. The molecule has 0 saturated heterocycles. The second-order valence-electron chi connectivity index (χ2n) is 6.02. The molecular formula is C17H19NO5. The number of amides is 1. The number of benzene rings is 2. The van der Waals surface area contributed by atoms with Gasteiger partial charge in [0.25, 0.3) is 0 Å². The number of fused-ring (bicyclic) bond motifs is 1. The van der Waals surface area contributed by atoms with Crippen molar-refractivity contribution in [2.45, 2.75) is 26.4 Å². The molecular weight excluding hydrogens is 298 g/mol. The van der Waals surface area contributed by atoms with Crippen LogP contribution in [0.4, 0.5) is 4.79 Å². The van der Waals surface area contributed by atoms with Crippen LogP contribution >= 0.6 is 0 Å². The first-order valence-electron chi connectivity index (χ1n) is 7.13. The minimum absolute atomic E-state index is 0.170. The summed E-state index contributed by atoms with van der Waals surface area (Å²) in [6, 6.07) is 9.93. The van der Waals surface area contributed by atoms with Gasteiger partial charge in [0.15, 0.2) is 0 Å². The molecule has 2 rings (SSSR count). The Morgan fingerprint density at radius 1 is 1.09 bits per heavy atom. The van der Waals surface area contributed by atoms with Gasteiger partial charge in [-0.25, -0.2) is 9.59 Å². The number of esters is 1. The molecule has 0 heterocycles. The number of carbonyl (C=O) groups excluding carboxylic acids is 2. The predicted molar refractivity (Wildman–Crippen MR) is 85.5 cm³/mol. The van der Waals surface area contributed by atoms with E-state index in [0.29, 0.717) is 5.75 Å². The second kappa shape index (κ2) is 6.56. The van der Waals surface area contributed by atoms with Crippen molar-refractivity contribution in [1.82, 2.24) is 5.32 Å². The number of hydrogen-bond donors (Lipinski definition) is 2. The van der Waals surface area contributed by atoms with Gasteiger partial charge in [0.1, 0.15) is 23.6 Å². The molecule has 23 heavy (non-hydrogen) atoms. The maximum absolute atomic E-state index is 11.7. The maximum atomic E-state index is 11.7. The van der Waals surface area contributed by atoms with Crippen molar-refractivity contribution in [1.29, 1.82) is 0 Å². The van der Waals surface area contributed by atoms with Gasteiger partial charge < -0.3 is 19.9 Å². The van der Waals surface area contributed by atoms with E-state index in [4.69, 9.17) is 9.47 Å². The monoisotopic (exact) mass is 317 g/mol. The van der Waals surface area contributed by atoms with Gasteiger partial charge in [-0.15, -0.1) is 0 Å². The molecule has 2 aromatic rings. The number of carbonyl (C=O) groups is 2. The van der Waals surface area contributed by atoms with E-state index in [9.17, 15) is 14.7 Å². The molecule has 1 amide bonds. The first-order valence-corrected chi connectivity index (χ1v) is 7.13. The first-order chi connectivity index (χ1) is 10.7. The van der Waals surface area contributed by atoms with Gasteiger partial charge in [0, 0.05) is 0 Å². The summed E-state index contributed by atoms with van der Waals surface area (Å²) in [5, 5.41) is 13.4. The third-order valence-electron chi connectivity index (χ3n) is 2.80. The fraction of sp³-hybridized carbons (Fsp3) is 0.294. The van der Waals surface area contributed by atoms with E-state index in [-0.39, 0.29) is 12.3 Å². The smallest absolute Gasteiger partial charge is 0.408 e. The molecule has 0 unspecified atom stereocenters. The highest BCUT2D eigenvalue weighted by Crippen LogP contribution is 2.24. The van der Waals surface area contributed by atoms with Crippen LogP contribution in [0.2, 0.25) is 0 Å². The van der Waals surface area contributed by atoms with Gasteiger partial charge in [-0.2, -0.15) is 0 Å². The molecule has 6 heteroatoms. The highest BCUT2D eigenvalue weighted by Gasteiger charge is 2.17. The molecule has 0 bridgehead atoms. The van der Waals surface area contributed by atoms with Crippen molar-refractivity contribution >= 4 is 22.8 Å². The second-order valence-corrected chi connectivity index (χ2v) is 6.02. The van der Waals surface area contributed by atoms with Gasteiger partial charge in [0.05, 0.1) is 0 Å². The molecule has 0 radical (unpaired) electrons. The minimum atomic E-state index is -0.677. The summed E-state index contributed by atoms with van der Waals surface area (Å²) in [5.74, 6) is -0.0722. The predicted octanol–water partition coefficient (Wildman–Crippen LogP) is 2.98. The van der Waals surface area contributed by atoms with E-state index >= 15 is 0 Å². The fourth-order valence-electron chi connectivity index (χ4n) is 1.90. The summed E-state index contributed by atoms with van der Waals surface area (Å²) in [6.45, 7) is 4.91. The Bertz CT molecular complexity index is 733. The average molecular weight is 317 g/mol. The fourth-order valence-corrected chi connectivity index (χ4v) is 1.90. The summed E-state index contributed by atoms with van der Waals surface area (Å²) in [5.41, 5.74) is -0.627. The Hall–Kier alpha value is -2.76. The third-order valence-corrected chi connectivity index (χ3v) is 2.80. The summed E-state index contributed by atoms with van der Waals surface area (Å²) < 4.78 is 10.2. The van der Waals surface area contributed by atoms with E-state index in [1.165, 1.54) is 0 Å². The van der Waals surface area contributed by atoms with Gasteiger partial charge in [0.2, 0.25) is 0 Å². The quantitative estimate of drug-likeness (QED) is 0.671. The van der Waals surface area contributed by atoms with Crippen molar-refractivity contribution < 1.29 is 24.2 Å². The summed E-state index contributed by atoms with van der Waals surface area (Å²) >= 11 is 0. The largest absolute Gasteiger partial charge is 0.508 e. The number of rotatable bonds is 3. The molecule has 122 valence electrons. The zero-order valence-electron chi connectivity index (χ0n) is 13.3. The van der Waals surface area contributed by atoms with Crippen LogP contribution < -0.4 is 10.1 Å². The Morgan fingerprint density at radius 2 is 1.74 bits per heavy atom. The van der Waals surface area contributed by atoms with E-state index in [2.05, 4.69) is 5.32 Å². The number of alkyl carbamates (subject to hydrolysis) is 1. The molecule has 0 aliphatic rings. The number of phenols is 1. The molecule has 0 aliphatic carbocycles. The third kappa shape index (κ3) is 5.18. The van der Waals surface area contributed by atoms with Crippen molar-refractivity contribution in [3.8, 4) is 11.5 Å². The van der Waals surface area contributed by atoms with Crippen LogP contribution in [0.3, 0.4) is 0 Å². The van der Waals surface area contributed by atoms with Gasteiger partial charge in [-0.3, -0.25) is 0 Å². The summed E-state index contributed by atoms with van der Waals surface area (Å²) in [4.78, 5) is 23.2. The zero-order valence-corrected chi connectivity index (χ0v) is 13.3. The molecule has 2 N–H and O–H groups in total. The molecule has 0 fully saturated rings. The number of ether oxygens (including phenoxy) is 2. The topological polar surface area (TPSA) is 84.9 Å². The van der Waals surface area contributed by atoms with Gasteiger partial charge >= 0.3 is 12.1 Å². The standard InChI is InChI=1S/C17H19NO5/c1-17(2,3)23-16(21)18-10-15(20)22-14-7-5-11-8-13(19)6-4-12(11)9-14/h4-9,19H,10H2,1-3H3,(H,18,21). The van der Waals surface area contributed by atoms with Gasteiger partial charge in [-0.05, 0) is 55.8 Å². The number of phenolic OH excluding ortho intramolecular Hbond substituents is 1. The van der Waals surface area contributed by atoms with Crippen LogP contribution in [0.15, 0.2) is 36.4 Å². The van der Waals surface area contributed by atoms with E-state index in [0.717, 1.165) is 10.8 Å². The molecule has 0 aromatic heterocycles. The Morgan fingerprint density at radius 3 is 2.43 bits per heavy atom. The van der Waals surface area contributed by atoms with Crippen molar-refractivity contribution in [3.05, 3.63) is 36.4 Å². The number of aromatic hydroxyl groups is 1. The highest BCUT2D eigenvalue weighted by molar-refractivity contribution is 5.86. The van der Waals surface area contributed by atoms with Crippen molar-refractivity contribution in [3.63, 3.8) is 0 Å².